The van der Waals surface area contributed by atoms with Crippen molar-refractivity contribution in [3.8, 4) is 0 Å². The van der Waals surface area contributed by atoms with Crippen LogP contribution in [0.2, 0.25) is 0 Å². The van der Waals surface area contributed by atoms with Crippen LogP contribution in [0.3, 0.4) is 0 Å². The van der Waals surface area contributed by atoms with Crippen LogP contribution >= 0.6 is 0 Å². The zero-order valence-corrected chi connectivity index (χ0v) is 17.8. The molecule has 5 amide bonds. The van der Waals surface area contributed by atoms with Gasteiger partial charge in [-0.1, -0.05) is 12.8 Å². The van der Waals surface area contributed by atoms with E-state index in [0.29, 0.717) is 12.8 Å². The van der Waals surface area contributed by atoms with Crippen molar-refractivity contribution in [1.82, 2.24) is 10.2 Å². The van der Waals surface area contributed by atoms with Crippen LogP contribution in [0.5, 0.6) is 0 Å². The molecule has 3 rings (SSSR count). The predicted octanol–water partition coefficient (Wildman–Crippen LogP) is 3.37. The molecule has 0 bridgehead atoms. The van der Waals surface area contributed by atoms with Crippen LogP contribution in [-0.2, 0) is 14.3 Å². The fourth-order valence-corrected chi connectivity index (χ4v) is 3.77. The Labute approximate surface area is 179 Å². The van der Waals surface area contributed by atoms with Crippen molar-refractivity contribution >= 4 is 35.3 Å². The van der Waals surface area contributed by atoms with Crippen LogP contribution in [0.1, 0.15) is 52.9 Å². The summed E-state index contributed by atoms with van der Waals surface area (Å²) in [5.74, 6) is -1.45. The second kappa shape index (κ2) is 8.52. The van der Waals surface area contributed by atoms with Gasteiger partial charge >= 0.3 is 12.1 Å². The molecule has 3 N–H and O–H groups in total. The highest BCUT2D eigenvalue weighted by Gasteiger charge is 2.52. The van der Waals surface area contributed by atoms with Crippen molar-refractivity contribution in [2.45, 2.75) is 64.0 Å². The number of benzene rings is 1. The van der Waals surface area contributed by atoms with Gasteiger partial charge in [0.15, 0.2) is 0 Å². The van der Waals surface area contributed by atoms with Gasteiger partial charge < -0.3 is 15.4 Å². The zero-order chi connectivity index (χ0) is 22.8. The number of carbonyl (C=O) groups is 4. The number of ether oxygens (including phenoxy) is 1. The number of rotatable bonds is 5. The molecule has 1 aromatic carbocycles. The standard InChI is InChI=1S/C21H27FN4O5/c1-20(2,3)31-19(30)24-14-7-6-13(22)12-15(14)23-16(27)8-11-26-17(28)21(25-18(26)29)9-4-5-10-21/h6-7,12H,4-5,8-11H2,1-3H3,(H,23,27)(H,24,30)(H,25,29). The second-order valence-electron chi connectivity index (χ2n) is 8.79. The number of halogens is 1. The minimum Gasteiger partial charge on any atom is -0.444 e. The molecule has 1 heterocycles. The van der Waals surface area contributed by atoms with E-state index in [9.17, 15) is 23.6 Å². The van der Waals surface area contributed by atoms with Gasteiger partial charge in [0.25, 0.3) is 5.91 Å². The highest BCUT2D eigenvalue weighted by atomic mass is 19.1. The van der Waals surface area contributed by atoms with Gasteiger partial charge in [-0.2, -0.15) is 0 Å². The minimum atomic E-state index is -0.833. The Balaban J connectivity index is 1.61. The van der Waals surface area contributed by atoms with Crippen molar-refractivity contribution in [3.05, 3.63) is 24.0 Å². The van der Waals surface area contributed by atoms with E-state index in [1.54, 1.807) is 20.8 Å². The highest BCUT2D eigenvalue weighted by Crippen LogP contribution is 2.35. The molecule has 0 radical (unpaired) electrons. The number of anilines is 2. The molecule has 2 fully saturated rings. The third-order valence-electron chi connectivity index (χ3n) is 5.16. The first-order valence-corrected chi connectivity index (χ1v) is 10.2. The maximum Gasteiger partial charge on any atom is 0.412 e. The summed E-state index contributed by atoms with van der Waals surface area (Å²) in [6.45, 7) is 5.00. The molecule has 1 aromatic rings. The Bertz CT molecular complexity index is 906. The van der Waals surface area contributed by atoms with E-state index in [-0.39, 0.29) is 30.2 Å². The molecule has 1 saturated carbocycles. The average molecular weight is 434 g/mol. The number of hydrogen-bond donors (Lipinski definition) is 3. The maximum absolute atomic E-state index is 13.7. The van der Waals surface area contributed by atoms with E-state index >= 15 is 0 Å². The molecule has 10 heteroatoms. The number of carbonyl (C=O) groups excluding carboxylic acids is 4. The largest absolute Gasteiger partial charge is 0.444 e. The molecule has 0 atom stereocenters. The van der Waals surface area contributed by atoms with Gasteiger partial charge in [-0.05, 0) is 51.8 Å². The number of hydrogen-bond acceptors (Lipinski definition) is 5. The predicted molar refractivity (Wildman–Crippen MR) is 111 cm³/mol. The Morgan fingerprint density at radius 2 is 1.84 bits per heavy atom. The van der Waals surface area contributed by atoms with Gasteiger partial charge in [0.2, 0.25) is 5.91 Å². The van der Waals surface area contributed by atoms with Gasteiger partial charge in [-0.3, -0.25) is 19.8 Å². The van der Waals surface area contributed by atoms with Crippen LogP contribution in [0.15, 0.2) is 18.2 Å². The average Bonchev–Trinajstić information content (AvgIpc) is 3.20. The third kappa shape index (κ3) is 5.31. The Kier molecular flexibility index (Phi) is 6.19. The molecule has 168 valence electrons. The zero-order valence-electron chi connectivity index (χ0n) is 17.8. The lowest BCUT2D eigenvalue weighted by Crippen LogP contribution is -2.44. The smallest absolute Gasteiger partial charge is 0.412 e. The maximum atomic E-state index is 13.7. The second-order valence-corrected chi connectivity index (χ2v) is 8.79. The molecule has 1 aliphatic heterocycles. The topological polar surface area (TPSA) is 117 Å². The van der Waals surface area contributed by atoms with Crippen molar-refractivity contribution in [1.29, 1.82) is 0 Å². The van der Waals surface area contributed by atoms with Crippen LogP contribution in [0.4, 0.5) is 25.4 Å². The Hall–Kier alpha value is -3.17. The normalized spacial score (nSPS) is 17.6. The van der Waals surface area contributed by atoms with E-state index in [1.165, 1.54) is 6.07 Å². The highest BCUT2D eigenvalue weighted by molar-refractivity contribution is 6.07. The number of nitrogens with zero attached hydrogens (tertiary/aromatic N) is 1. The van der Waals surface area contributed by atoms with Crippen LogP contribution in [0, 0.1) is 5.82 Å². The van der Waals surface area contributed by atoms with E-state index in [0.717, 1.165) is 29.9 Å². The number of amides is 5. The van der Waals surface area contributed by atoms with E-state index in [2.05, 4.69) is 16.0 Å². The SMILES string of the molecule is CC(C)(C)OC(=O)Nc1ccc(F)cc1NC(=O)CCN1C(=O)NC2(CCCC2)C1=O. The summed E-state index contributed by atoms with van der Waals surface area (Å²) in [7, 11) is 0. The van der Waals surface area contributed by atoms with Gasteiger partial charge in [0, 0.05) is 13.0 Å². The van der Waals surface area contributed by atoms with Crippen molar-refractivity contribution in [2.24, 2.45) is 0 Å². The number of imide groups is 1. The first kappa shape index (κ1) is 22.5. The number of nitrogens with one attached hydrogen (secondary N) is 3. The van der Waals surface area contributed by atoms with E-state index < -0.39 is 35.0 Å². The summed E-state index contributed by atoms with van der Waals surface area (Å²) in [5, 5.41) is 7.74. The summed E-state index contributed by atoms with van der Waals surface area (Å²) in [6, 6.07) is 3.00. The van der Waals surface area contributed by atoms with Gasteiger partial charge in [-0.25, -0.2) is 14.0 Å². The molecule has 31 heavy (non-hydrogen) atoms. The lowest BCUT2D eigenvalue weighted by atomic mass is 9.98. The summed E-state index contributed by atoms with van der Waals surface area (Å²) in [4.78, 5) is 50.3. The molecule has 2 aliphatic rings. The lowest BCUT2D eigenvalue weighted by molar-refractivity contribution is -0.131. The van der Waals surface area contributed by atoms with Crippen LogP contribution in [-0.4, -0.2) is 46.5 Å². The summed E-state index contributed by atoms with van der Waals surface area (Å²) in [5.41, 5.74) is -1.36. The lowest BCUT2D eigenvalue weighted by Gasteiger charge is -2.21. The first-order valence-electron chi connectivity index (χ1n) is 10.2. The fourth-order valence-electron chi connectivity index (χ4n) is 3.77. The van der Waals surface area contributed by atoms with Gasteiger partial charge in [0.05, 0.1) is 11.4 Å². The monoisotopic (exact) mass is 434 g/mol. The number of urea groups is 1. The van der Waals surface area contributed by atoms with Crippen molar-refractivity contribution < 1.29 is 28.3 Å². The third-order valence-corrected chi connectivity index (χ3v) is 5.16. The van der Waals surface area contributed by atoms with E-state index in [4.69, 9.17) is 4.74 Å². The molecular formula is C21H27FN4O5. The van der Waals surface area contributed by atoms with Crippen molar-refractivity contribution in [3.63, 3.8) is 0 Å². The Morgan fingerprint density at radius 1 is 1.16 bits per heavy atom. The summed E-state index contributed by atoms with van der Waals surface area (Å²) < 4.78 is 18.9. The van der Waals surface area contributed by atoms with Crippen LogP contribution in [0.25, 0.3) is 0 Å². The minimum absolute atomic E-state index is 0.0420. The van der Waals surface area contributed by atoms with E-state index in [1.807, 2.05) is 0 Å². The first-order chi connectivity index (χ1) is 14.5. The fraction of sp³-hybridized carbons (Fsp3) is 0.524. The molecule has 1 saturated heterocycles. The molecule has 1 spiro atoms. The molecule has 0 aromatic heterocycles. The van der Waals surface area contributed by atoms with Gasteiger partial charge in [-0.15, -0.1) is 0 Å². The summed E-state index contributed by atoms with van der Waals surface area (Å²) >= 11 is 0. The molecule has 9 nitrogen and oxygen atoms in total. The van der Waals surface area contributed by atoms with Crippen LogP contribution < -0.4 is 16.0 Å². The molecule has 0 unspecified atom stereocenters. The van der Waals surface area contributed by atoms with Crippen molar-refractivity contribution in [2.75, 3.05) is 17.2 Å². The quantitative estimate of drug-likeness (QED) is 0.615. The molecule has 1 aliphatic carbocycles. The summed E-state index contributed by atoms with van der Waals surface area (Å²) in [6.07, 6.45) is 2.01. The van der Waals surface area contributed by atoms with Gasteiger partial charge in [0.1, 0.15) is 17.0 Å². The Morgan fingerprint density at radius 3 is 2.48 bits per heavy atom. The molecular weight excluding hydrogens is 407 g/mol.